The lowest BCUT2D eigenvalue weighted by atomic mass is 10.1. The van der Waals surface area contributed by atoms with Crippen LogP contribution in [0.5, 0.6) is 0 Å². The fourth-order valence-electron chi connectivity index (χ4n) is 2.93. The van der Waals surface area contributed by atoms with E-state index >= 15 is 0 Å². The molecule has 5 nitrogen and oxygen atoms in total. The first-order valence-corrected chi connectivity index (χ1v) is 12.7. The van der Waals surface area contributed by atoms with Crippen LogP contribution >= 0.6 is 46.3 Å². The summed E-state index contributed by atoms with van der Waals surface area (Å²) in [6.45, 7) is -0.409. The minimum Gasteiger partial charge on any atom is -0.452 e. The second kappa shape index (κ2) is 11.5. The highest BCUT2D eigenvalue weighted by atomic mass is 35.5. The van der Waals surface area contributed by atoms with Gasteiger partial charge in [0.05, 0.1) is 11.3 Å². The van der Waals surface area contributed by atoms with Gasteiger partial charge in [-0.1, -0.05) is 53.5 Å². The molecule has 0 saturated carbocycles. The summed E-state index contributed by atoms with van der Waals surface area (Å²) in [5.74, 6) is -0.282. The van der Waals surface area contributed by atoms with Crippen LogP contribution < -0.4 is 5.32 Å². The molecule has 1 N–H and O–H groups in total. The molecule has 1 aromatic heterocycles. The molecule has 0 spiro atoms. The highest BCUT2D eigenvalue weighted by Gasteiger charge is 2.13. The normalized spacial score (nSPS) is 10.6. The molecule has 3 aromatic carbocycles. The third kappa shape index (κ3) is 6.61. The Morgan fingerprint density at radius 2 is 1.71 bits per heavy atom. The maximum Gasteiger partial charge on any atom is 0.338 e. The summed E-state index contributed by atoms with van der Waals surface area (Å²) < 4.78 is 5.14. The zero-order chi connectivity index (χ0) is 23.9. The van der Waals surface area contributed by atoms with Crippen LogP contribution in [0, 0.1) is 0 Å². The van der Waals surface area contributed by atoms with Gasteiger partial charge in [-0.25, -0.2) is 9.78 Å². The van der Waals surface area contributed by atoms with Gasteiger partial charge in [0.2, 0.25) is 0 Å². The SMILES string of the molecule is O=C(COC(=O)c1ccc(CSc2ccc(Cl)cc2)cc1)Nc1nc(-c2ccccc2Cl)cs1. The van der Waals surface area contributed by atoms with E-state index < -0.39 is 18.5 Å². The number of aromatic nitrogens is 1. The number of ether oxygens (including phenoxy) is 1. The van der Waals surface area contributed by atoms with Gasteiger partial charge in [0.1, 0.15) is 0 Å². The van der Waals surface area contributed by atoms with E-state index in [4.69, 9.17) is 27.9 Å². The van der Waals surface area contributed by atoms with Crippen molar-refractivity contribution in [1.29, 1.82) is 0 Å². The van der Waals surface area contributed by atoms with Crippen molar-refractivity contribution < 1.29 is 14.3 Å². The van der Waals surface area contributed by atoms with E-state index in [9.17, 15) is 9.59 Å². The number of rotatable bonds is 8. The number of amides is 1. The zero-order valence-corrected chi connectivity index (χ0v) is 20.8. The van der Waals surface area contributed by atoms with Gasteiger partial charge in [-0.3, -0.25) is 10.1 Å². The summed E-state index contributed by atoms with van der Waals surface area (Å²) in [5.41, 5.74) is 2.88. The first-order valence-electron chi connectivity index (χ1n) is 10.1. The summed E-state index contributed by atoms with van der Waals surface area (Å²) in [6.07, 6.45) is 0. The van der Waals surface area contributed by atoms with Crippen molar-refractivity contribution >= 4 is 63.3 Å². The summed E-state index contributed by atoms with van der Waals surface area (Å²) in [5, 5.41) is 6.12. The van der Waals surface area contributed by atoms with E-state index in [0.717, 1.165) is 21.8 Å². The van der Waals surface area contributed by atoms with E-state index in [1.54, 1.807) is 35.3 Å². The van der Waals surface area contributed by atoms with Gasteiger partial charge in [0.15, 0.2) is 11.7 Å². The fraction of sp³-hybridized carbons (Fsp3) is 0.0800. The molecule has 1 amide bonds. The Morgan fingerprint density at radius 3 is 2.44 bits per heavy atom. The molecule has 34 heavy (non-hydrogen) atoms. The Labute approximate surface area is 215 Å². The van der Waals surface area contributed by atoms with Crippen molar-refractivity contribution in [3.63, 3.8) is 0 Å². The summed E-state index contributed by atoms with van der Waals surface area (Å²) in [6, 6.07) is 22.1. The van der Waals surface area contributed by atoms with Crippen molar-refractivity contribution in [3.8, 4) is 11.3 Å². The lowest BCUT2D eigenvalue weighted by Gasteiger charge is -2.06. The van der Waals surface area contributed by atoms with E-state index in [1.165, 1.54) is 11.3 Å². The van der Waals surface area contributed by atoms with Gasteiger partial charge in [-0.2, -0.15) is 0 Å². The molecule has 0 atom stereocenters. The molecule has 9 heteroatoms. The van der Waals surface area contributed by atoms with Crippen molar-refractivity contribution in [2.45, 2.75) is 10.6 Å². The lowest BCUT2D eigenvalue weighted by molar-refractivity contribution is -0.119. The first-order chi connectivity index (χ1) is 16.5. The third-order valence-corrected chi connectivity index (χ3v) is 7.07. The number of carbonyl (C=O) groups is 2. The zero-order valence-electron chi connectivity index (χ0n) is 17.7. The monoisotopic (exact) mass is 528 g/mol. The number of halogens is 2. The number of thiazole rings is 1. The fourth-order valence-corrected chi connectivity index (χ4v) is 4.87. The number of nitrogens with one attached hydrogen (secondary N) is 1. The quantitative estimate of drug-likeness (QED) is 0.193. The van der Waals surface area contributed by atoms with Crippen molar-refractivity contribution in [3.05, 3.63) is 99.3 Å². The minimum absolute atomic E-state index is 0.378. The molecule has 0 bridgehead atoms. The van der Waals surface area contributed by atoms with Gasteiger partial charge < -0.3 is 4.74 Å². The van der Waals surface area contributed by atoms with Crippen molar-refractivity contribution in [1.82, 2.24) is 4.98 Å². The van der Waals surface area contributed by atoms with Crippen LogP contribution in [0.15, 0.2) is 83.1 Å². The predicted molar refractivity (Wildman–Crippen MR) is 139 cm³/mol. The molecule has 4 aromatic rings. The Morgan fingerprint density at radius 1 is 0.971 bits per heavy atom. The topological polar surface area (TPSA) is 68.3 Å². The van der Waals surface area contributed by atoms with E-state index in [2.05, 4.69) is 10.3 Å². The third-order valence-electron chi connectivity index (χ3n) is 4.64. The minimum atomic E-state index is -0.567. The molecule has 0 fully saturated rings. The summed E-state index contributed by atoms with van der Waals surface area (Å²) in [4.78, 5) is 30.0. The van der Waals surface area contributed by atoms with Crippen LogP contribution in [-0.4, -0.2) is 23.5 Å². The van der Waals surface area contributed by atoms with E-state index in [-0.39, 0.29) is 0 Å². The number of esters is 1. The van der Waals surface area contributed by atoms with Crippen LogP contribution in [0.25, 0.3) is 11.3 Å². The van der Waals surface area contributed by atoms with E-state index in [0.29, 0.717) is 26.4 Å². The molecule has 172 valence electrons. The van der Waals surface area contributed by atoms with Crippen molar-refractivity contribution in [2.75, 3.05) is 11.9 Å². The Bertz CT molecular complexity index is 1290. The number of hydrogen-bond donors (Lipinski definition) is 1. The molecule has 0 radical (unpaired) electrons. The molecule has 0 unspecified atom stereocenters. The molecule has 4 rings (SSSR count). The number of nitrogens with zero attached hydrogens (tertiary/aromatic N) is 1. The van der Waals surface area contributed by atoms with Gasteiger partial charge in [0, 0.05) is 31.6 Å². The number of carbonyl (C=O) groups excluding carboxylic acids is 2. The molecular formula is C25H18Cl2N2O3S2. The Hall–Kier alpha value is -2.84. The van der Waals surface area contributed by atoms with E-state index in [1.807, 2.05) is 54.6 Å². The van der Waals surface area contributed by atoms with Crippen LogP contribution in [-0.2, 0) is 15.3 Å². The standard InChI is InChI=1S/C25H18Cl2N2O3S2/c26-18-9-11-19(12-10-18)33-14-16-5-7-17(8-6-16)24(31)32-13-23(30)29-25-28-22(15-34-25)20-3-1-2-4-21(20)27/h1-12,15H,13-14H2,(H,28,29,30). The highest BCUT2D eigenvalue weighted by Crippen LogP contribution is 2.30. The molecule has 0 aliphatic rings. The van der Waals surface area contributed by atoms with Crippen molar-refractivity contribution in [2.24, 2.45) is 0 Å². The van der Waals surface area contributed by atoms with Gasteiger partial charge in [0.25, 0.3) is 5.91 Å². The average molecular weight is 529 g/mol. The molecule has 1 heterocycles. The second-order valence-electron chi connectivity index (χ2n) is 7.08. The van der Waals surface area contributed by atoms with Gasteiger partial charge in [-0.05, 0) is 48.0 Å². The lowest BCUT2D eigenvalue weighted by Crippen LogP contribution is -2.20. The molecule has 0 saturated heterocycles. The Kier molecular flexibility index (Phi) is 8.24. The number of thioether (sulfide) groups is 1. The molecular weight excluding hydrogens is 511 g/mol. The summed E-state index contributed by atoms with van der Waals surface area (Å²) >= 11 is 15.0. The predicted octanol–water partition coefficient (Wildman–Crippen LogP) is 7.20. The van der Waals surface area contributed by atoms with Crippen LogP contribution in [0.3, 0.4) is 0 Å². The van der Waals surface area contributed by atoms with Gasteiger partial charge >= 0.3 is 5.97 Å². The van der Waals surface area contributed by atoms with Crippen LogP contribution in [0.2, 0.25) is 10.0 Å². The van der Waals surface area contributed by atoms with Crippen LogP contribution in [0.4, 0.5) is 5.13 Å². The highest BCUT2D eigenvalue weighted by molar-refractivity contribution is 7.98. The average Bonchev–Trinajstić information content (AvgIpc) is 3.31. The van der Waals surface area contributed by atoms with Gasteiger partial charge in [-0.15, -0.1) is 23.1 Å². The summed E-state index contributed by atoms with van der Waals surface area (Å²) in [7, 11) is 0. The number of anilines is 1. The number of hydrogen-bond acceptors (Lipinski definition) is 6. The first kappa shape index (κ1) is 24.3. The number of benzene rings is 3. The smallest absolute Gasteiger partial charge is 0.338 e. The maximum atomic E-state index is 12.3. The largest absolute Gasteiger partial charge is 0.452 e. The maximum absolute atomic E-state index is 12.3. The Balaban J connectivity index is 1.25. The van der Waals surface area contributed by atoms with Crippen LogP contribution in [0.1, 0.15) is 15.9 Å². The molecule has 0 aliphatic carbocycles. The molecule has 0 aliphatic heterocycles. The second-order valence-corrected chi connectivity index (χ2v) is 9.83.